The molecule has 0 unspecified atom stereocenters. The van der Waals surface area contributed by atoms with E-state index in [2.05, 4.69) is 4.98 Å². The van der Waals surface area contributed by atoms with Crippen LogP contribution in [0, 0.1) is 0 Å². The number of hydrogen-bond acceptors (Lipinski definition) is 3. The van der Waals surface area contributed by atoms with E-state index in [1.165, 1.54) is 0 Å². The maximum Gasteiger partial charge on any atom is 0.347 e. The van der Waals surface area contributed by atoms with Gasteiger partial charge in [0.05, 0.1) is 10.9 Å². The number of nitrogens with zero attached hydrogens (tertiary/aromatic N) is 1. The van der Waals surface area contributed by atoms with E-state index in [9.17, 15) is 4.79 Å². The van der Waals surface area contributed by atoms with Gasteiger partial charge in [0.25, 0.3) is 0 Å². The molecule has 0 aliphatic carbocycles. The summed E-state index contributed by atoms with van der Waals surface area (Å²) in [4.78, 5) is 16.3. The predicted octanol–water partition coefficient (Wildman–Crippen LogP) is 4.25. The van der Waals surface area contributed by atoms with Crippen LogP contribution in [0.2, 0.25) is 5.02 Å². The Morgan fingerprint density at radius 1 is 1.15 bits per heavy atom. The number of alkyl halides is 1. The molecule has 0 bridgehead atoms. The molecule has 0 N–H and O–H groups in total. The molecule has 20 heavy (non-hydrogen) atoms. The molecule has 0 aliphatic heterocycles. The Morgan fingerprint density at radius 2 is 2.00 bits per heavy atom. The molecule has 100 valence electrons. The van der Waals surface area contributed by atoms with Gasteiger partial charge in [-0.3, -0.25) is 0 Å². The second kappa shape index (κ2) is 5.27. The molecule has 0 spiro atoms. The van der Waals surface area contributed by atoms with Crippen LogP contribution in [0.4, 0.5) is 0 Å². The van der Waals surface area contributed by atoms with Crippen molar-refractivity contribution < 1.29 is 4.42 Å². The second-order valence-electron chi connectivity index (χ2n) is 4.30. The molecule has 0 aliphatic rings. The first-order chi connectivity index (χ1) is 9.67. The van der Waals surface area contributed by atoms with Gasteiger partial charge in [-0.1, -0.05) is 23.7 Å². The van der Waals surface area contributed by atoms with Crippen molar-refractivity contribution in [1.29, 1.82) is 0 Å². The van der Waals surface area contributed by atoms with E-state index in [4.69, 9.17) is 27.6 Å². The minimum absolute atomic E-state index is 0.261. The summed E-state index contributed by atoms with van der Waals surface area (Å²) >= 11 is 11.7. The monoisotopic (exact) mass is 305 g/mol. The van der Waals surface area contributed by atoms with Crippen molar-refractivity contribution in [1.82, 2.24) is 4.98 Å². The van der Waals surface area contributed by atoms with E-state index >= 15 is 0 Å². The van der Waals surface area contributed by atoms with Crippen LogP contribution in [-0.4, -0.2) is 4.98 Å². The van der Waals surface area contributed by atoms with Crippen LogP contribution in [0.1, 0.15) is 5.56 Å². The third-order valence-electron chi connectivity index (χ3n) is 2.92. The highest BCUT2D eigenvalue weighted by atomic mass is 35.5. The summed E-state index contributed by atoms with van der Waals surface area (Å²) in [5, 5.41) is 0.933. The van der Waals surface area contributed by atoms with Gasteiger partial charge < -0.3 is 4.42 Å². The molecule has 0 atom stereocenters. The van der Waals surface area contributed by atoms with E-state index in [1.807, 2.05) is 24.3 Å². The minimum Gasteiger partial charge on any atom is -0.403 e. The SMILES string of the molecule is O=c1oc(-c2cccc(CCl)c2)nc2cc(Cl)ccc12. The second-order valence-corrected chi connectivity index (χ2v) is 5.01. The van der Waals surface area contributed by atoms with Gasteiger partial charge >= 0.3 is 5.63 Å². The largest absolute Gasteiger partial charge is 0.403 e. The smallest absolute Gasteiger partial charge is 0.347 e. The van der Waals surface area contributed by atoms with Crippen LogP contribution in [0.15, 0.2) is 51.7 Å². The molecule has 1 aromatic heterocycles. The van der Waals surface area contributed by atoms with Crippen molar-refractivity contribution in [2.24, 2.45) is 0 Å². The van der Waals surface area contributed by atoms with Gasteiger partial charge in [-0.05, 0) is 35.9 Å². The Balaban J connectivity index is 2.23. The fourth-order valence-electron chi connectivity index (χ4n) is 1.96. The number of aromatic nitrogens is 1. The van der Waals surface area contributed by atoms with Crippen molar-refractivity contribution in [3.05, 3.63) is 63.5 Å². The van der Waals surface area contributed by atoms with Crippen LogP contribution in [0.3, 0.4) is 0 Å². The Kier molecular flexibility index (Phi) is 3.47. The molecule has 3 rings (SSSR count). The van der Waals surface area contributed by atoms with Crippen LogP contribution >= 0.6 is 23.2 Å². The van der Waals surface area contributed by atoms with Gasteiger partial charge in [0, 0.05) is 16.5 Å². The molecular formula is C15H9Cl2NO2. The Labute approximate surface area is 124 Å². The number of benzene rings is 2. The summed E-state index contributed by atoms with van der Waals surface area (Å²) in [6, 6.07) is 12.3. The lowest BCUT2D eigenvalue weighted by atomic mass is 10.1. The number of fused-ring (bicyclic) bond motifs is 1. The topological polar surface area (TPSA) is 43.1 Å². The molecule has 0 amide bonds. The van der Waals surface area contributed by atoms with Gasteiger partial charge in [0.15, 0.2) is 0 Å². The zero-order chi connectivity index (χ0) is 14.1. The van der Waals surface area contributed by atoms with Crippen LogP contribution in [-0.2, 0) is 5.88 Å². The van der Waals surface area contributed by atoms with Crippen LogP contribution in [0.25, 0.3) is 22.4 Å². The summed E-state index contributed by atoms with van der Waals surface area (Å²) < 4.78 is 5.26. The summed E-state index contributed by atoms with van der Waals surface area (Å²) in [6.07, 6.45) is 0. The summed E-state index contributed by atoms with van der Waals surface area (Å²) in [6.45, 7) is 0. The summed E-state index contributed by atoms with van der Waals surface area (Å²) in [5.74, 6) is 0.647. The highest BCUT2D eigenvalue weighted by molar-refractivity contribution is 6.31. The number of rotatable bonds is 2. The van der Waals surface area contributed by atoms with Crippen molar-refractivity contribution >= 4 is 34.1 Å². The van der Waals surface area contributed by atoms with Crippen LogP contribution in [0.5, 0.6) is 0 Å². The molecule has 0 saturated carbocycles. The van der Waals surface area contributed by atoms with E-state index in [0.29, 0.717) is 27.4 Å². The van der Waals surface area contributed by atoms with E-state index in [0.717, 1.165) is 5.56 Å². The average Bonchev–Trinajstić information content (AvgIpc) is 2.46. The van der Waals surface area contributed by atoms with Crippen molar-refractivity contribution in [3.8, 4) is 11.5 Å². The molecule has 1 heterocycles. The quantitative estimate of drug-likeness (QED) is 0.665. The molecule has 3 aromatic rings. The Bertz CT molecular complexity index is 843. The van der Waals surface area contributed by atoms with Gasteiger partial charge in [-0.2, -0.15) is 0 Å². The van der Waals surface area contributed by atoms with Gasteiger partial charge in [-0.25, -0.2) is 9.78 Å². The van der Waals surface area contributed by atoms with E-state index in [-0.39, 0.29) is 5.89 Å². The number of hydrogen-bond donors (Lipinski definition) is 0. The fourth-order valence-corrected chi connectivity index (χ4v) is 2.29. The van der Waals surface area contributed by atoms with Crippen molar-refractivity contribution in [2.45, 2.75) is 5.88 Å². The molecule has 3 nitrogen and oxygen atoms in total. The molecule has 2 aromatic carbocycles. The Hall–Kier alpha value is -1.84. The zero-order valence-electron chi connectivity index (χ0n) is 10.3. The summed E-state index contributed by atoms with van der Waals surface area (Å²) in [5.41, 5.74) is 1.72. The molecule has 0 radical (unpaired) electrons. The van der Waals surface area contributed by atoms with Crippen molar-refractivity contribution in [3.63, 3.8) is 0 Å². The van der Waals surface area contributed by atoms with Gasteiger partial charge in [0.2, 0.25) is 5.89 Å². The molecule has 0 fully saturated rings. The van der Waals surface area contributed by atoms with E-state index < -0.39 is 5.63 Å². The standard InChI is InChI=1S/C15H9Cl2NO2/c16-8-9-2-1-3-10(6-9)14-18-13-7-11(17)4-5-12(13)15(19)20-14/h1-7H,8H2. The first kappa shape index (κ1) is 13.2. The lowest BCUT2D eigenvalue weighted by Gasteiger charge is -2.03. The lowest BCUT2D eigenvalue weighted by Crippen LogP contribution is -2.02. The highest BCUT2D eigenvalue weighted by Gasteiger charge is 2.09. The third-order valence-corrected chi connectivity index (χ3v) is 3.46. The Morgan fingerprint density at radius 3 is 2.80 bits per heavy atom. The molecule has 0 saturated heterocycles. The lowest BCUT2D eigenvalue weighted by molar-refractivity contribution is 0.518. The number of halogens is 2. The molecule has 5 heteroatoms. The van der Waals surface area contributed by atoms with Crippen LogP contribution < -0.4 is 5.63 Å². The molecular weight excluding hydrogens is 297 g/mol. The van der Waals surface area contributed by atoms with E-state index in [1.54, 1.807) is 18.2 Å². The summed E-state index contributed by atoms with van der Waals surface area (Å²) in [7, 11) is 0. The predicted molar refractivity (Wildman–Crippen MR) is 80.3 cm³/mol. The first-order valence-corrected chi connectivity index (χ1v) is 6.84. The normalized spacial score (nSPS) is 10.9. The maximum atomic E-state index is 12.0. The van der Waals surface area contributed by atoms with Gasteiger partial charge in [0.1, 0.15) is 0 Å². The highest BCUT2D eigenvalue weighted by Crippen LogP contribution is 2.22. The van der Waals surface area contributed by atoms with Crippen molar-refractivity contribution in [2.75, 3.05) is 0 Å². The fraction of sp³-hybridized carbons (Fsp3) is 0.0667. The zero-order valence-corrected chi connectivity index (χ0v) is 11.8. The average molecular weight is 306 g/mol. The third kappa shape index (κ3) is 2.42. The maximum absolute atomic E-state index is 12.0. The minimum atomic E-state index is -0.432. The van der Waals surface area contributed by atoms with Gasteiger partial charge in [-0.15, -0.1) is 11.6 Å². The first-order valence-electron chi connectivity index (χ1n) is 5.93.